The van der Waals surface area contributed by atoms with Crippen molar-refractivity contribution in [1.82, 2.24) is 0 Å². The van der Waals surface area contributed by atoms with Crippen LogP contribution in [0.5, 0.6) is 5.75 Å². The summed E-state index contributed by atoms with van der Waals surface area (Å²) >= 11 is 0. The van der Waals surface area contributed by atoms with E-state index in [1.165, 1.54) is 12.0 Å². The highest BCUT2D eigenvalue weighted by Gasteiger charge is 2.36. The van der Waals surface area contributed by atoms with E-state index in [0.29, 0.717) is 11.8 Å². The van der Waals surface area contributed by atoms with E-state index >= 15 is 0 Å². The van der Waals surface area contributed by atoms with Gasteiger partial charge in [-0.3, -0.25) is 0 Å². The predicted molar refractivity (Wildman–Crippen MR) is 57.5 cm³/mol. The fraction of sp³-hybridized carbons (Fsp3) is 0.500. The van der Waals surface area contributed by atoms with E-state index in [9.17, 15) is 0 Å². The van der Waals surface area contributed by atoms with E-state index in [2.05, 4.69) is 12.1 Å². The largest absolute Gasteiger partial charge is 0.494 e. The molecule has 1 saturated carbocycles. The maximum Gasteiger partial charge on any atom is 0.119 e. The van der Waals surface area contributed by atoms with Gasteiger partial charge in [-0.2, -0.15) is 0 Å². The van der Waals surface area contributed by atoms with Crippen LogP contribution in [0.15, 0.2) is 24.3 Å². The van der Waals surface area contributed by atoms with Gasteiger partial charge in [-0.25, -0.2) is 0 Å². The summed E-state index contributed by atoms with van der Waals surface area (Å²) in [5, 5.41) is 0. The number of hydrogen-bond acceptors (Lipinski definition) is 2. The molecule has 2 atom stereocenters. The molecule has 1 aromatic rings. The molecule has 0 spiro atoms. The van der Waals surface area contributed by atoms with Crippen molar-refractivity contribution in [3.05, 3.63) is 29.8 Å². The van der Waals surface area contributed by atoms with Crippen LogP contribution in [-0.4, -0.2) is 13.2 Å². The number of nitrogens with two attached hydrogens (primary N) is 1. The summed E-state index contributed by atoms with van der Waals surface area (Å²) in [4.78, 5) is 0. The van der Waals surface area contributed by atoms with Gasteiger partial charge in [0.25, 0.3) is 0 Å². The van der Waals surface area contributed by atoms with Gasteiger partial charge in [-0.15, -0.1) is 0 Å². The van der Waals surface area contributed by atoms with Gasteiger partial charge in [-0.05, 0) is 49.4 Å². The van der Waals surface area contributed by atoms with Crippen molar-refractivity contribution < 1.29 is 4.74 Å². The Morgan fingerprint density at radius 2 is 2.07 bits per heavy atom. The Kier molecular flexibility index (Phi) is 2.73. The standard InChI is InChI=1S/C12H17NO/c1-2-14-11-5-3-9(4-6-11)12-7-10(12)8-13/h3-6,10,12H,2,7-8,13H2,1H3. The molecule has 1 aromatic carbocycles. The molecule has 0 bridgehead atoms. The van der Waals surface area contributed by atoms with E-state index in [1.54, 1.807) is 0 Å². The maximum absolute atomic E-state index is 5.61. The summed E-state index contributed by atoms with van der Waals surface area (Å²) in [5.41, 5.74) is 7.02. The van der Waals surface area contributed by atoms with Crippen molar-refractivity contribution in [2.45, 2.75) is 19.3 Å². The second-order valence-electron chi connectivity index (χ2n) is 3.84. The molecular formula is C12H17NO. The highest BCUT2D eigenvalue weighted by Crippen LogP contribution is 2.46. The van der Waals surface area contributed by atoms with Crippen LogP contribution in [-0.2, 0) is 0 Å². The quantitative estimate of drug-likeness (QED) is 0.791. The summed E-state index contributed by atoms with van der Waals surface area (Å²) in [6, 6.07) is 8.41. The van der Waals surface area contributed by atoms with Gasteiger partial charge in [0.1, 0.15) is 5.75 Å². The summed E-state index contributed by atoms with van der Waals surface area (Å²) in [6.07, 6.45) is 1.25. The van der Waals surface area contributed by atoms with Crippen LogP contribution in [0.3, 0.4) is 0 Å². The van der Waals surface area contributed by atoms with Crippen LogP contribution in [0.4, 0.5) is 0 Å². The van der Waals surface area contributed by atoms with Crippen molar-refractivity contribution in [3.63, 3.8) is 0 Å². The summed E-state index contributed by atoms with van der Waals surface area (Å²) in [6.45, 7) is 3.55. The Morgan fingerprint density at radius 3 is 2.57 bits per heavy atom. The monoisotopic (exact) mass is 191 g/mol. The van der Waals surface area contributed by atoms with Crippen LogP contribution >= 0.6 is 0 Å². The maximum atomic E-state index is 5.61. The first kappa shape index (κ1) is 9.53. The highest BCUT2D eigenvalue weighted by atomic mass is 16.5. The smallest absolute Gasteiger partial charge is 0.119 e. The number of ether oxygens (including phenoxy) is 1. The Labute approximate surface area is 85.1 Å². The summed E-state index contributed by atoms with van der Waals surface area (Å²) in [5.74, 6) is 2.38. The normalized spacial score (nSPS) is 24.7. The van der Waals surface area contributed by atoms with Crippen LogP contribution in [0.2, 0.25) is 0 Å². The summed E-state index contributed by atoms with van der Waals surface area (Å²) < 4.78 is 5.39. The molecule has 14 heavy (non-hydrogen) atoms. The molecule has 0 amide bonds. The van der Waals surface area contributed by atoms with Crippen LogP contribution in [0.1, 0.15) is 24.8 Å². The lowest BCUT2D eigenvalue weighted by Crippen LogP contribution is -2.01. The second kappa shape index (κ2) is 4.01. The van der Waals surface area contributed by atoms with Gasteiger partial charge < -0.3 is 10.5 Å². The topological polar surface area (TPSA) is 35.2 Å². The average molecular weight is 191 g/mol. The SMILES string of the molecule is CCOc1ccc(C2CC2CN)cc1. The van der Waals surface area contributed by atoms with Crippen molar-refractivity contribution in [1.29, 1.82) is 0 Å². The van der Waals surface area contributed by atoms with E-state index in [4.69, 9.17) is 10.5 Å². The molecule has 2 heteroatoms. The van der Waals surface area contributed by atoms with Crippen molar-refractivity contribution in [2.24, 2.45) is 11.7 Å². The van der Waals surface area contributed by atoms with Crippen LogP contribution in [0.25, 0.3) is 0 Å². The van der Waals surface area contributed by atoms with Gasteiger partial charge >= 0.3 is 0 Å². The summed E-state index contributed by atoms with van der Waals surface area (Å²) in [7, 11) is 0. The van der Waals surface area contributed by atoms with Crippen LogP contribution < -0.4 is 10.5 Å². The first-order valence-electron chi connectivity index (χ1n) is 5.28. The zero-order chi connectivity index (χ0) is 9.97. The van der Waals surface area contributed by atoms with Crippen molar-refractivity contribution >= 4 is 0 Å². The molecule has 0 aliphatic heterocycles. The molecule has 0 aromatic heterocycles. The minimum Gasteiger partial charge on any atom is -0.494 e. The van der Waals surface area contributed by atoms with E-state index in [-0.39, 0.29) is 0 Å². The lowest BCUT2D eigenvalue weighted by molar-refractivity contribution is 0.340. The molecule has 0 radical (unpaired) electrons. The molecular weight excluding hydrogens is 174 g/mol. The fourth-order valence-corrected chi connectivity index (χ4v) is 1.89. The Hall–Kier alpha value is -1.02. The third kappa shape index (κ3) is 1.90. The first-order chi connectivity index (χ1) is 6.85. The minimum absolute atomic E-state index is 0.704. The zero-order valence-electron chi connectivity index (χ0n) is 8.57. The fourth-order valence-electron chi connectivity index (χ4n) is 1.89. The third-order valence-corrected chi connectivity index (χ3v) is 2.84. The highest BCUT2D eigenvalue weighted by molar-refractivity contribution is 5.32. The Morgan fingerprint density at radius 1 is 1.36 bits per heavy atom. The van der Waals surface area contributed by atoms with E-state index in [0.717, 1.165) is 18.9 Å². The molecule has 2 unspecified atom stereocenters. The molecule has 0 heterocycles. The number of hydrogen-bond donors (Lipinski definition) is 1. The molecule has 2 N–H and O–H groups in total. The van der Waals surface area contributed by atoms with Gasteiger partial charge in [-0.1, -0.05) is 12.1 Å². The molecule has 1 aliphatic carbocycles. The average Bonchev–Trinajstić information content (AvgIpc) is 2.99. The van der Waals surface area contributed by atoms with Gasteiger partial charge in [0.15, 0.2) is 0 Å². The van der Waals surface area contributed by atoms with Gasteiger partial charge in [0, 0.05) is 0 Å². The molecule has 76 valence electrons. The lowest BCUT2D eigenvalue weighted by Gasteiger charge is -2.04. The third-order valence-electron chi connectivity index (χ3n) is 2.84. The van der Waals surface area contributed by atoms with Crippen molar-refractivity contribution in [2.75, 3.05) is 13.2 Å². The second-order valence-corrected chi connectivity index (χ2v) is 3.84. The van der Waals surface area contributed by atoms with Crippen LogP contribution in [0, 0.1) is 5.92 Å². The molecule has 2 nitrogen and oxygen atoms in total. The molecule has 0 saturated heterocycles. The lowest BCUT2D eigenvalue weighted by atomic mass is 10.1. The molecule has 2 rings (SSSR count). The van der Waals surface area contributed by atoms with E-state index < -0.39 is 0 Å². The van der Waals surface area contributed by atoms with E-state index in [1.807, 2.05) is 19.1 Å². The zero-order valence-corrected chi connectivity index (χ0v) is 8.57. The Balaban J connectivity index is 2.00. The van der Waals surface area contributed by atoms with Gasteiger partial charge in [0.05, 0.1) is 6.61 Å². The van der Waals surface area contributed by atoms with Gasteiger partial charge in [0.2, 0.25) is 0 Å². The Bertz CT molecular complexity index is 294. The predicted octanol–water partition coefficient (Wildman–Crippen LogP) is 2.15. The number of rotatable bonds is 4. The molecule has 1 aliphatic rings. The van der Waals surface area contributed by atoms with Crippen molar-refractivity contribution in [3.8, 4) is 5.75 Å². The first-order valence-corrected chi connectivity index (χ1v) is 5.28. The molecule has 1 fully saturated rings. The number of benzene rings is 1. The minimum atomic E-state index is 0.704.